The molecule has 1 unspecified atom stereocenters. The zero-order valence-electron chi connectivity index (χ0n) is 11.1. The smallest absolute Gasteiger partial charge is 0.387 e. The van der Waals surface area contributed by atoms with Crippen LogP contribution in [-0.4, -0.2) is 16.8 Å². The van der Waals surface area contributed by atoms with Gasteiger partial charge in [-0.2, -0.15) is 13.8 Å². The number of rotatable bonds is 5. The van der Waals surface area contributed by atoms with E-state index in [2.05, 4.69) is 14.9 Å². The van der Waals surface area contributed by atoms with E-state index in [1.54, 1.807) is 18.2 Å². The van der Waals surface area contributed by atoms with Crippen LogP contribution in [0.2, 0.25) is 0 Å². The molecule has 0 bridgehead atoms. The molecule has 20 heavy (non-hydrogen) atoms. The van der Waals surface area contributed by atoms with Gasteiger partial charge in [-0.05, 0) is 6.07 Å². The molecule has 0 aliphatic rings. The SMILES string of the molecule is CC(C)c1nc(C(N)c2ccccc2OC(F)F)no1. The van der Waals surface area contributed by atoms with Gasteiger partial charge in [0.15, 0.2) is 5.82 Å². The fourth-order valence-electron chi connectivity index (χ4n) is 1.69. The number of benzene rings is 1. The molecule has 0 aliphatic carbocycles. The summed E-state index contributed by atoms with van der Waals surface area (Å²) >= 11 is 0. The molecule has 7 heteroatoms. The van der Waals surface area contributed by atoms with Gasteiger partial charge in [-0.25, -0.2) is 0 Å². The van der Waals surface area contributed by atoms with Gasteiger partial charge in [0.1, 0.15) is 5.75 Å². The lowest BCUT2D eigenvalue weighted by atomic mass is 10.1. The first-order chi connectivity index (χ1) is 9.49. The van der Waals surface area contributed by atoms with E-state index in [0.29, 0.717) is 11.5 Å². The van der Waals surface area contributed by atoms with E-state index in [1.807, 2.05) is 13.8 Å². The number of hydrogen-bond donors (Lipinski definition) is 1. The lowest BCUT2D eigenvalue weighted by Gasteiger charge is -2.13. The van der Waals surface area contributed by atoms with Crippen molar-refractivity contribution in [2.45, 2.75) is 32.4 Å². The van der Waals surface area contributed by atoms with Crippen molar-refractivity contribution in [3.8, 4) is 5.75 Å². The number of ether oxygens (including phenoxy) is 1. The van der Waals surface area contributed by atoms with Gasteiger partial charge in [0.25, 0.3) is 0 Å². The van der Waals surface area contributed by atoms with Crippen LogP contribution in [0.1, 0.15) is 43.1 Å². The number of aromatic nitrogens is 2. The third-order valence-electron chi connectivity index (χ3n) is 2.70. The quantitative estimate of drug-likeness (QED) is 0.913. The summed E-state index contributed by atoms with van der Waals surface area (Å²) in [6.07, 6.45) is 0. The number of nitrogens with two attached hydrogens (primary N) is 1. The molecule has 2 aromatic rings. The van der Waals surface area contributed by atoms with Crippen LogP contribution in [-0.2, 0) is 0 Å². The molecule has 0 aliphatic heterocycles. The van der Waals surface area contributed by atoms with Crippen molar-refractivity contribution in [2.75, 3.05) is 0 Å². The molecule has 1 atom stereocenters. The Hall–Kier alpha value is -2.02. The predicted molar refractivity (Wildman–Crippen MR) is 67.5 cm³/mol. The van der Waals surface area contributed by atoms with E-state index >= 15 is 0 Å². The average molecular weight is 283 g/mol. The molecular weight excluding hydrogens is 268 g/mol. The molecule has 2 N–H and O–H groups in total. The largest absolute Gasteiger partial charge is 0.434 e. The zero-order chi connectivity index (χ0) is 14.7. The van der Waals surface area contributed by atoms with Crippen LogP contribution in [0, 0.1) is 0 Å². The fourth-order valence-corrected chi connectivity index (χ4v) is 1.69. The van der Waals surface area contributed by atoms with Crippen molar-refractivity contribution in [1.82, 2.24) is 10.1 Å². The summed E-state index contributed by atoms with van der Waals surface area (Å²) < 4.78 is 34.2. The first-order valence-electron chi connectivity index (χ1n) is 6.12. The van der Waals surface area contributed by atoms with Gasteiger partial charge in [-0.3, -0.25) is 0 Å². The van der Waals surface area contributed by atoms with Gasteiger partial charge >= 0.3 is 6.61 Å². The minimum absolute atomic E-state index is 0.00546. The molecule has 5 nitrogen and oxygen atoms in total. The molecular formula is C13H15F2N3O2. The molecule has 2 rings (SSSR count). The Morgan fingerprint density at radius 1 is 1.25 bits per heavy atom. The van der Waals surface area contributed by atoms with Gasteiger partial charge in [0.05, 0.1) is 6.04 Å². The second-order valence-corrected chi connectivity index (χ2v) is 4.54. The van der Waals surface area contributed by atoms with Crippen LogP contribution in [0.25, 0.3) is 0 Å². The first-order valence-corrected chi connectivity index (χ1v) is 6.12. The van der Waals surface area contributed by atoms with E-state index < -0.39 is 12.7 Å². The Bertz CT molecular complexity index is 572. The molecule has 1 heterocycles. The summed E-state index contributed by atoms with van der Waals surface area (Å²) in [6.45, 7) is 0.882. The van der Waals surface area contributed by atoms with Gasteiger partial charge < -0.3 is 15.0 Å². The van der Waals surface area contributed by atoms with Crippen LogP contribution >= 0.6 is 0 Å². The Balaban J connectivity index is 2.30. The molecule has 0 radical (unpaired) electrons. The van der Waals surface area contributed by atoms with E-state index in [-0.39, 0.29) is 17.5 Å². The van der Waals surface area contributed by atoms with Crippen LogP contribution in [0.5, 0.6) is 5.75 Å². The topological polar surface area (TPSA) is 74.2 Å². The summed E-state index contributed by atoms with van der Waals surface area (Å²) in [5.74, 6) is 0.753. The Morgan fingerprint density at radius 2 is 1.95 bits per heavy atom. The number of hydrogen-bond acceptors (Lipinski definition) is 5. The third kappa shape index (κ3) is 3.11. The average Bonchev–Trinajstić information content (AvgIpc) is 2.87. The Labute approximate surface area is 114 Å². The highest BCUT2D eigenvalue weighted by Gasteiger charge is 2.21. The fraction of sp³-hybridized carbons (Fsp3) is 0.385. The molecule has 1 aromatic carbocycles. The molecule has 1 aromatic heterocycles. The number of nitrogens with zero attached hydrogens (tertiary/aromatic N) is 2. The van der Waals surface area contributed by atoms with Crippen LogP contribution in [0.15, 0.2) is 28.8 Å². The van der Waals surface area contributed by atoms with Gasteiger partial charge in [-0.15, -0.1) is 0 Å². The van der Waals surface area contributed by atoms with E-state index in [9.17, 15) is 8.78 Å². The van der Waals surface area contributed by atoms with E-state index in [4.69, 9.17) is 10.3 Å². The van der Waals surface area contributed by atoms with Crippen LogP contribution in [0.4, 0.5) is 8.78 Å². The maximum atomic E-state index is 12.4. The lowest BCUT2D eigenvalue weighted by molar-refractivity contribution is -0.0505. The van der Waals surface area contributed by atoms with Gasteiger partial charge in [0, 0.05) is 11.5 Å². The first kappa shape index (κ1) is 14.4. The van der Waals surface area contributed by atoms with Crippen molar-refractivity contribution < 1.29 is 18.0 Å². The molecule has 0 spiro atoms. The predicted octanol–water partition coefficient (Wildman–Crippen LogP) is 2.84. The maximum absolute atomic E-state index is 12.4. The van der Waals surface area contributed by atoms with Gasteiger partial charge in [-0.1, -0.05) is 37.2 Å². The molecule has 0 saturated heterocycles. The van der Waals surface area contributed by atoms with Crippen LogP contribution in [0.3, 0.4) is 0 Å². The summed E-state index contributed by atoms with van der Waals surface area (Å²) in [6, 6.07) is 5.49. The minimum atomic E-state index is -2.92. The van der Waals surface area contributed by atoms with Gasteiger partial charge in [0.2, 0.25) is 5.89 Å². The van der Waals surface area contributed by atoms with Crippen molar-refractivity contribution >= 4 is 0 Å². The number of alkyl halides is 2. The van der Waals surface area contributed by atoms with E-state index in [0.717, 1.165) is 0 Å². The summed E-state index contributed by atoms with van der Waals surface area (Å²) in [4.78, 5) is 4.16. The summed E-state index contributed by atoms with van der Waals surface area (Å²) in [5, 5.41) is 3.78. The summed E-state index contributed by atoms with van der Waals surface area (Å²) in [5.41, 5.74) is 6.38. The molecule has 0 amide bonds. The lowest BCUT2D eigenvalue weighted by Crippen LogP contribution is -2.16. The van der Waals surface area contributed by atoms with E-state index in [1.165, 1.54) is 6.07 Å². The second kappa shape index (κ2) is 5.96. The third-order valence-corrected chi connectivity index (χ3v) is 2.70. The van der Waals surface area contributed by atoms with Crippen molar-refractivity contribution in [3.63, 3.8) is 0 Å². The highest BCUT2D eigenvalue weighted by atomic mass is 19.3. The number of halogens is 2. The zero-order valence-corrected chi connectivity index (χ0v) is 11.1. The highest BCUT2D eigenvalue weighted by molar-refractivity contribution is 5.38. The maximum Gasteiger partial charge on any atom is 0.387 e. The standard InChI is InChI=1S/C13H15F2N3O2/c1-7(2)12-17-11(18-20-12)10(16)8-5-3-4-6-9(8)19-13(14)15/h3-7,10,13H,16H2,1-2H3. The molecule has 108 valence electrons. The highest BCUT2D eigenvalue weighted by Crippen LogP contribution is 2.28. The monoisotopic (exact) mass is 283 g/mol. The Kier molecular flexibility index (Phi) is 4.29. The molecule has 0 fully saturated rings. The minimum Gasteiger partial charge on any atom is -0.434 e. The molecule has 0 saturated carbocycles. The van der Waals surface area contributed by atoms with Crippen molar-refractivity contribution in [3.05, 3.63) is 41.5 Å². The Morgan fingerprint density at radius 3 is 2.55 bits per heavy atom. The summed E-state index contributed by atoms with van der Waals surface area (Å²) in [7, 11) is 0. The number of para-hydroxylation sites is 1. The normalized spacial score (nSPS) is 12.9. The van der Waals surface area contributed by atoms with Crippen LogP contribution < -0.4 is 10.5 Å². The van der Waals surface area contributed by atoms with Crippen molar-refractivity contribution in [1.29, 1.82) is 0 Å². The second-order valence-electron chi connectivity index (χ2n) is 4.54. The van der Waals surface area contributed by atoms with Crippen molar-refractivity contribution in [2.24, 2.45) is 5.73 Å².